The van der Waals surface area contributed by atoms with Crippen LogP contribution in [0.5, 0.6) is 0 Å². The van der Waals surface area contributed by atoms with Crippen molar-refractivity contribution in [2.45, 2.75) is 39.3 Å². The molecule has 2 unspecified atom stereocenters. The molecule has 116 valence electrons. The molecule has 2 rings (SSSR count). The number of hydrogen-bond acceptors (Lipinski definition) is 4. The molecule has 1 aliphatic rings. The fourth-order valence-corrected chi connectivity index (χ4v) is 3.75. The van der Waals surface area contributed by atoms with E-state index in [1.807, 2.05) is 32.9 Å². The van der Waals surface area contributed by atoms with Crippen molar-refractivity contribution in [3.05, 3.63) is 21.9 Å². The number of nitrogens with two attached hydrogens (primary N) is 1. The molecule has 0 saturated carbocycles. The van der Waals surface area contributed by atoms with Gasteiger partial charge < -0.3 is 15.5 Å². The Bertz CT molecular complexity index is 529. The predicted octanol–water partition coefficient (Wildman–Crippen LogP) is 1.53. The number of carbonyl (C=O) groups excluding carboxylic acids is 2. The third-order valence-corrected chi connectivity index (χ3v) is 5.06. The minimum atomic E-state index is -0.428. The predicted molar refractivity (Wildman–Crippen MR) is 84.0 cm³/mol. The fraction of sp³-hybridized carbons (Fsp3) is 0.600. The molecule has 1 saturated heterocycles. The largest absolute Gasteiger partial charge is 0.333 e. The van der Waals surface area contributed by atoms with E-state index >= 15 is 0 Å². The average molecular weight is 309 g/mol. The van der Waals surface area contributed by atoms with Crippen LogP contribution < -0.4 is 5.73 Å². The van der Waals surface area contributed by atoms with Crippen LogP contribution in [0.4, 0.5) is 0 Å². The van der Waals surface area contributed by atoms with Gasteiger partial charge in [0.05, 0.1) is 6.04 Å². The summed E-state index contributed by atoms with van der Waals surface area (Å²) in [6, 6.07) is 3.69. The molecule has 2 atom stereocenters. The molecular weight excluding hydrogens is 286 g/mol. The van der Waals surface area contributed by atoms with Crippen molar-refractivity contribution in [1.29, 1.82) is 0 Å². The molecule has 2 amide bonds. The zero-order chi connectivity index (χ0) is 15.6. The second kappa shape index (κ2) is 6.58. The zero-order valence-corrected chi connectivity index (χ0v) is 13.7. The van der Waals surface area contributed by atoms with Gasteiger partial charge in [-0.3, -0.25) is 9.59 Å². The van der Waals surface area contributed by atoms with Gasteiger partial charge in [-0.2, -0.15) is 0 Å². The highest BCUT2D eigenvalue weighted by molar-refractivity contribution is 7.12. The van der Waals surface area contributed by atoms with Crippen molar-refractivity contribution < 1.29 is 9.59 Å². The van der Waals surface area contributed by atoms with Crippen LogP contribution in [0, 0.1) is 6.92 Å². The molecule has 1 aliphatic heterocycles. The Balaban J connectivity index is 2.30. The molecule has 0 spiro atoms. The van der Waals surface area contributed by atoms with Gasteiger partial charge in [0.25, 0.3) is 0 Å². The molecule has 0 aromatic carbocycles. The maximum Gasteiger partial charge on any atom is 0.312 e. The summed E-state index contributed by atoms with van der Waals surface area (Å²) in [5.74, 6) is -0.839. The highest BCUT2D eigenvalue weighted by Crippen LogP contribution is 2.32. The van der Waals surface area contributed by atoms with E-state index in [9.17, 15) is 9.59 Å². The summed E-state index contributed by atoms with van der Waals surface area (Å²) in [5.41, 5.74) is 6.25. The number of thiophene rings is 1. The molecule has 1 aromatic rings. The number of amides is 2. The lowest BCUT2D eigenvalue weighted by Gasteiger charge is -2.39. The summed E-state index contributed by atoms with van der Waals surface area (Å²) >= 11 is 1.64. The van der Waals surface area contributed by atoms with Crippen LogP contribution in [-0.4, -0.2) is 47.3 Å². The van der Waals surface area contributed by atoms with Crippen LogP contribution in [0.3, 0.4) is 0 Å². The third kappa shape index (κ3) is 3.11. The molecule has 1 aromatic heterocycles. The van der Waals surface area contributed by atoms with Gasteiger partial charge in [0.1, 0.15) is 0 Å². The minimum Gasteiger partial charge on any atom is -0.333 e. The van der Waals surface area contributed by atoms with Gasteiger partial charge in [-0.1, -0.05) is 6.92 Å². The smallest absolute Gasteiger partial charge is 0.312 e. The summed E-state index contributed by atoms with van der Waals surface area (Å²) in [6.07, 6.45) is 0.761. The summed E-state index contributed by atoms with van der Waals surface area (Å²) in [6.45, 7) is 7.63. The van der Waals surface area contributed by atoms with Crippen LogP contribution >= 0.6 is 11.3 Å². The first-order chi connectivity index (χ1) is 9.99. The first kappa shape index (κ1) is 16.0. The lowest BCUT2D eigenvalue weighted by Crippen LogP contribution is -2.57. The summed E-state index contributed by atoms with van der Waals surface area (Å²) in [7, 11) is 0. The zero-order valence-electron chi connectivity index (χ0n) is 12.8. The van der Waals surface area contributed by atoms with Gasteiger partial charge in [0.2, 0.25) is 0 Å². The van der Waals surface area contributed by atoms with Crippen LogP contribution in [0.2, 0.25) is 0 Å². The Morgan fingerprint density at radius 1 is 1.24 bits per heavy atom. The van der Waals surface area contributed by atoms with E-state index < -0.39 is 11.8 Å². The number of likely N-dealkylation sites (N-methyl/N-ethyl adjacent to an activating group) is 1. The quantitative estimate of drug-likeness (QED) is 0.839. The maximum atomic E-state index is 12.4. The van der Waals surface area contributed by atoms with Gasteiger partial charge in [-0.05, 0) is 32.4 Å². The normalized spacial score (nSPS) is 19.0. The highest BCUT2D eigenvalue weighted by Gasteiger charge is 2.38. The molecule has 0 bridgehead atoms. The molecule has 0 aliphatic carbocycles. The lowest BCUT2D eigenvalue weighted by atomic mass is 10.0. The minimum absolute atomic E-state index is 0.159. The second-order valence-corrected chi connectivity index (χ2v) is 6.67. The third-order valence-electron chi connectivity index (χ3n) is 3.99. The van der Waals surface area contributed by atoms with Crippen LogP contribution in [0.25, 0.3) is 0 Å². The van der Waals surface area contributed by atoms with Crippen LogP contribution in [0.15, 0.2) is 12.1 Å². The first-order valence-electron chi connectivity index (χ1n) is 7.41. The Kier molecular flexibility index (Phi) is 5.00. The first-order valence-corrected chi connectivity index (χ1v) is 8.23. The van der Waals surface area contributed by atoms with Crippen molar-refractivity contribution in [3.8, 4) is 0 Å². The molecule has 2 heterocycles. The molecule has 1 fully saturated rings. The summed E-state index contributed by atoms with van der Waals surface area (Å²) in [5, 5.41) is 0. The van der Waals surface area contributed by atoms with Crippen LogP contribution in [-0.2, 0) is 9.59 Å². The van der Waals surface area contributed by atoms with E-state index in [4.69, 9.17) is 5.73 Å². The Labute approximate surface area is 129 Å². The average Bonchev–Trinajstić information content (AvgIpc) is 2.90. The number of aryl methyl sites for hydroxylation is 1. The number of rotatable bonds is 5. The Hall–Kier alpha value is -1.40. The van der Waals surface area contributed by atoms with Crippen LogP contribution in [0.1, 0.15) is 36.1 Å². The molecule has 5 nitrogen and oxygen atoms in total. The van der Waals surface area contributed by atoms with Gasteiger partial charge in [-0.25, -0.2) is 0 Å². The van der Waals surface area contributed by atoms with Gasteiger partial charge in [0.15, 0.2) is 0 Å². The van der Waals surface area contributed by atoms with E-state index in [0.717, 1.165) is 11.3 Å². The van der Waals surface area contributed by atoms with E-state index in [0.29, 0.717) is 19.6 Å². The number of nitrogens with zero attached hydrogens (tertiary/aromatic N) is 2. The standard InChI is InChI=1S/C15H23N3O2S/c1-4-11(16)13(12-7-6-10(3)21-12)18-9-8-17(5-2)14(19)15(18)20/h6-7,11,13H,4-5,8-9,16H2,1-3H3. The number of piperazine rings is 1. The summed E-state index contributed by atoms with van der Waals surface area (Å²) in [4.78, 5) is 30.0. The number of hydrogen-bond donors (Lipinski definition) is 1. The van der Waals surface area contributed by atoms with Crippen molar-refractivity contribution in [1.82, 2.24) is 9.80 Å². The van der Waals surface area contributed by atoms with E-state index in [1.54, 1.807) is 21.1 Å². The van der Waals surface area contributed by atoms with Crippen molar-refractivity contribution >= 4 is 23.2 Å². The monoisotopic (exact) mass is 309 g/mol. The highest BCUT2D eigenvalue weighted by atomic mass is 32.1. The maximum absolute atomic E-state index is 12.4. The van der Waals surface area contributed by atoms with Crippen molar-refractivity contribution in [2.24, 2.45) is 5.73 Å². The van der Waals surface area contributed by atoms with Crippen molar-refractivity contribution in [3.63, 3.8) is 0 Å². The molecule has 0 radical (unpaired) electrons. The Morgan fingerprint density at radius 2 is 1.95 bits per heavy atom. The van der Waals surface area contributed by atoms with E-state index in [1.165, 1.54) is 4.88 Å². The van der Waals surface area contributed by atoms with Gasteiger partial charge in [-0.15, -0.1) is 11.3 Å². The number of carbonyl (C=O) groups is 2. The summed E-state index contributed by atoms with van der Waals surface area (Å²) < 4.78 is 0. The lowest BCUT2D eigenvalue weighted by molar-refractivity contribution is -0.158. The van der Waals surface area contributed by atoms with Gasteiger partial charge in [0, 0.05) is 35.4 Å². The fourth-order valence-electron chi connectivity index (χ4n) is 2.69. The molecule has 21 heavy (non-hydrogen) atoms. The molecule has 6 heteroatoms. The SMILES string of the molecule is CCC(N)C(c1ccc(C)s1)N1CCN(CC)C(=O)C1=O. The van der Waals surface area contributed by atoms with Gasteiger partial charge >= 0.3 is 11.8 Å². The molecular formula is C15H23N3O2S. The Morgan fingerprint density at radius 3 is 2.48 bits per heavy atom. The van der Waals surface area contributed by atoms with E-state index in [-0.39, 0.29) is 12.1 Å². The second-order valence-electron chi connectivity index (χ2n) is 5.35. The van der Waals surface area contributed by atoms with Crippen molar-refractivity contribution in [2.75, 3.05) is 19.6 Å². The van der Waals surface area contributed by atoms with E-state index in [2.05, 4.69) is 0 Å². The molecule has 2 N–H and O–H groups in total. The topological polar surface area (TPSA) is 66.6 Å².